The highest BCUT2D eigenvalue weighted by atomic mass is 35.5. The number of ether oxygens (including phenoxy) is 1. The van der Waals surface area contributed by atoms with E-state index in [0.29, 0.717) is 15.8 Å². The highest BCUT2D eigenvalue weighted by molar-refractivity contribution is 6.41. The van der Waals surface area contributed by atoms with Gasteiger partial charge in [-0.05, 0) is 49.6 Å². The van der Waals surface area contributed by atoms with Crippen LogP contribution in [0.5, 0.6) is 0 Å². The van der Waals surface area contributed by atoms with Crippen molar-refractivity contribution in [2.45, 2.75) is 64.0 Å². The van der Waals surface area contributed by atoms with Crippen LogP contribution >= 0.6 is 23.2 Å². The Kier molecular flexibility index (Phi) is 7.47. The molecule has 172 valence electrons. The molecule has 5 nitrogen and oxygen atoms in total. The number of nitrogens with one attached hydrogen (secondary N) is 1. The fourth-order valence-electron chi connectivity index (χ4n) is 5.04. The fourth-order valence-corrected chi connectivity index (χ4v) is 5.53. The van der Waals surface area contributed by atoms with Gasteiger partial charge in [0.25, 0.3) is 5.91 Å². The van der Waals surface area contributed by atoms with Crippen LogP contribution in [0.3, 0.4) is 0 Å². The van der Waals surface area contributed by atoms with E-state index in [2.05, 4.69) is 24.4 Å². The average molecular weight is 476 g/mol. The highest BCUT2D eigenvalue weighted by Gasteiger charge is 2.43. The van der Waals surface area contributed by atoms with E-state index in [9.17, 15) is 4.79 Å². The first-order chi connectivity index (χ1) is 15.5. The minimum atomic E-state index is -0.0603. The quantitative estimate of drug-likeness (QED) is 0.521. The maximum atomic E-state index is 13.3. The first-order valence-electron chi connectivity index (χ1n) is 11.5. The van der Waals surface area contributed by atoms with Gasteiger partial charge in [0, 0.05) is 22.9 Å². The van der Waals surface area contributed by atoms with Crippen molar-refractivity contribution in [3.8, 4) is 0 Å². The number of hydrazone groups is 1. The van der Waals surface area contributed by atoms with Gasteiger partial charge < -0.3 is 10.1 Å². The highest BCUT2D eigenvalue weighted by Crippen LogP contribution is 2.40. The van der Waals surface area contributed by atoms with Gasteiger partial charge in [-0.2, -0.15) is 5.10 Å². The molecule has 1 amide bonds. The molecule has 1 fully saturated rings. The molecule has 2 aliphatic carbocycles. The van der Waals surface area contributed by atoms with E-state index < -0.39 is 0 Å². The molecule has 1 unspecified atom stereocenters. The first-order valence-corrected chi connectivity index (χ1v) is 12.3. The van der Waals surface area contributed by atoms with Gasteiger partial charge in [0.15, 0.2) is 0 Å². The third-order valence-electron chi connectivity index (χ3n) is 6.79. The molecule has 0 bridgehead atoms. The molecular formula is C25H31Cl2N3O2. The molecule has 0 saturated heterocycles. The molecule has 3 atom stereocenters. The molecule has 7 heteroatoms. The average Bonchev–Trinajstić information content (AvgIpc) is 2.94. The minimum Gasteiger partial charge on any atom is -0.497 e. The number of anilines is 1. The van der Waals surface area contributed by atoms with Crippen molar-refractivity contribution in [1.29, 1.82) is 0 Å². The van der Waals surface area contributed by atoms with Gasteiger partial charge in [0.1, 0.15) is 11.5 Å². The summed E-state index contributed by atoms with van der Waals surface area (Å²) < 4.78 is 5.36. The molecule has 0 radical (unpaired) electrons. The van der Waals surface area contributed by atoms with E-state index in [-0.39, 0.29) is 29.8 Å². The Morgan fingerprint density at radius 1 is 1.19 bits per heavy atom. The second-order valence-electron chi connectivity index (χ2n) is 8.94. The maximum absolute atomic E-state index is 13.3. The normalized spacial score (nSPS) is 26.4. The molecule has 0 aromatic heterocycles. The van der Waals surface area contributed by atoms with Crippen LogP contribution in [0.1, 0.15) is 51.9 Å². The van der Waals surface area contributed by atoms with Crippen LogP contribution in [-0.2, 0) is 9.53 Å². The lowest BCUT2D eigenvalue weighted by Gasteiger charge is -2.33. The van der Waals surface area contributed by atoms with Crippen LogP contribution in [0.25, 0.3) is 0 Å². The van der Waals surface area contributed by atoms with Gasteiger partial charge in [0.2, 0.25) is 0 Å². The molecule has 1 aromatic carbocycles. The zero-order valence-corrected chi connectivity index (χ0v) is 20.2. The molecule has 1 saturated carbocycles. The summed E-state index contributed by atoms with van der Waals surface area (Å²) in [6, 6.07) is 5.60. The fraction of sp³-hybridized carbons (Fsp3) is 0.520. The summed E-state index contributed by atoms with van der Waals surface area (Å²) in [6.45, 7) is 2.09. The van der Waals surface area contributed by atoms with Crippen LogP contribution < -0.4 is 10.3 Å². The lowest BCUT2D eigenvalue weighted by Crippen LogP contribution is -2.43. The molecular weight excluding hydrogens is 445 g/mol. The topological polar surface area (TPSA) is 53.9 Å². The summed E-state index contributed by atoms with van der Waals surface area (Å²) in [5, 5.41) is 11.1. The Labute approximate surface area is 200 Å². The zero-order valence-electron chi connectivity index (χ0n) is 18.7. The van der Waals surface area contributed by atoms with Gasteiger partial charge in [0.05, 0.1) is 23.9 Å². The number of carbonyl (C=O) groups is 1. The zero-order chi connectivity index (χ0) is 22.7. The van der Waals surface area contributed by atoms with E-state index in [4.69, 9.17) is 33.0 Å². The summed E-state index contributed by atoms with van der Waals surface area (Å²) in [5.41, 5.74) is 1.33. The number of carbonyl (C=O) groups excluding carboxylic acids is 1. The standard InChI is InChI=1S/C25H31Cl2N3O2/c1-16-23(25(31)28-19-7-5-3-4-6-8-19)29-30(22-14-11-18(26)15-21(22)27)24(16)17-9-12-20(32-2)13-10-17/h9,11-17,19,24H,3-8,10H2,1-2H3,(H,28,31)/t16-,17?,24+/m0/s1. The number of nitrogens with zero attached hydrogens (tertiary/aromatic N) is 2. The smallest absolute Gasteiger partial charge is 0.268 e. The maximum Gasteiger partial charge on any atom is 0.268 e. The van der Waals surface area contributed by atoms with Gasteiger partial charge >= 0.3 is 0 Å². The summed E-state index contributed by atoms with van der Waals surface area (Å²) in [7, 11) is 1.67. The second-order valence-corrected chi connectivity index (χ2v) is 9.78. The number of hydrogen-bond acceptors (Lipinski definition) is 4. The predicted molar refractivity (Wildman–Crippen MR) is 131 cm³/mol. The molecule has 1 N–H and O–H groups in total. The van der Waals surface area contributed by atoms with E-state index >= 15 is 0 Å². The molecule has 1 aliphatic heterocycles. The number of benzene rings is 1. The lowest BCUT2D eigenvalue weighted by atomic mass is 9.82. The van der Waals surface area contributed by atoms with Crippen molar-refractivity contribution < 1.29 is 9.53 Å². The van der Waals surface area contributed by atoms with Crippen molar-refractivity contribution in [2.24, 2.45) is 16.9 Å². The van der Waals surface area contributed by atoms with E-state index in [1.165, 1.54) is 25.7 Å². The number of methoxy groups -OCH3 is 1. The van der Waals surface area contributed by atoms with Crippen LogP contribution in [-0.4, -0.2) is 30.8 Å². The van der Waals surface area contributed by atoms with Crippen LogP contribution in [0.15, 0.2) is 47.3 Å². The number of rotatable bonds is 5. The SMILES string of the molecule is COC1=CCC([C@H]2[C@@H](C)C(C(=O)NC3CCCCCC3)=NN2c2ccc(Cl)cc2Cl)C=C1. The Hall–Kier alpha value is -1.98. The summed E-state index contributed by atoms with van der Waals surface area (Å²) in [5.74, 6) is 0.910. The number of halogens is 2. The Morgan fingerprint density at radius 2 is 1.94 bits per heavy atom. The minimum absolute atomic E-state index is 0.0329. The molecule has 1 heterocycles. The number of amides is 1. The Balaban J connectivity index is 1.61. The summed E-state index contributed by atoms with van der Waals surface area (Å²) >= 11 is 12.7. The van der Waals surface area contributed by atoms with Crippen molar-refractivity contribution in [2.75, 3.05) is 12.1 Å². The lowest BCUT2D eigenvalue weighted by molar-refractivity contribution is -0.115. The largest absolute Gasteiger partial charge is 0.497 e. The number of hydrogen-bond donors (Lipinski definition) is 1. The molecule has 32 heavy (non-hydrogen) atoms. The van der Waals surface area contributed by atoms with Crippen molar-refractivity contribution in [1.82, 2.24) is 5.32 Å². The van der Waals surface area contributed by atoms with Crippen molar-refractivity contribution in [3.63, 3.8) is 0 Å². The van der Waals surface area contributed by atoms with Gasteiger partial charge in [-0.3, -0.25) is 9.80 Å². The molecule has 3 aliphatic rings. The van der Waals surface area contributed by atoms with Gasteiger partial charge in [-0.1, -0.05) is 61.9 Å². The Bertz CT molecular complexity index is 935. The molecule has 1 aromatic rings. The van der Waals surface area contributed by atoms with E-state index in [1.807, 2.05) is 23.2 Å². The van der Waals surface area contributed by atoms with Crippen LogP contribution in [0.4, 0.5) is 5.69 Å². The number of allylic oxidation sites excluding steroid dienone is 2. The first kappa shape index (κ1) is 23.2. The predicted octanol–water partition coefficient (Wildman–Crippen LogP) is 6.12. The van der Waals surface area contributed by atoms with Crippen LogP contribution in [0.2, 0.25) is 10.0 Å². The van der Waals surface area contributed by atoms with Crippen molar-refractivity contribution in [3.05, 3.63) is 52.2 Å². The van der Waals surface area contributed by atoms with Crippen molar-refractivity contribution >= 4 is 40.5 Å². The molecule has 0 spiro atoms. The summed E-state index contributed by atoms with van der Waals surface area (Å²) in [6.07, 6.45) is 14.0. The second kappa shape index (κ2) is 10.3. The summed E-state index contributed by atoms with van der Waals surface area (Å²) in [4.78, 5) is 13.3. The Morgan fingerprint density at radius 3 is 2.56 bits per heavy atom. The van der Waals surface area contributed by atoms with Gasteiger partial charge in [-0.15, -0.1) is 0 Å². The third-order valence-corrected chi connectivity index (χ3v) is 7.33. The van der Waals surface area contributed by atoms with E-state index in [1.54, 1.807) is 13.2 Å². The third kappa shape index (κ3) is 4.99. The van der Waals surface area contributed by atoms with E-state index in [0.717, 1.165) is 30.7 Å². The molecule has 4 rings (SSSR count). The monoisotopic (exact) mass is 475 g/mol. The van der Waals surface area contributed by atoms with Gasteiger partial charge in [-0.25, -0.2) is 0 Å². The van der Waals surface area contributed by atoms with Crippen LogP contribution in [0, 0.1) is 11.8 Å².